The number of anilines is 1. The van der Waals surface area contributed by atoms with Crippen molar-refractivity contribution in [3.8, 4) is 0 Å². The van der Waals surface area contributed by atoms with E-state index in [9.17, 15) is 18.0 Å². The van der Waals surface area contributed by atoms with Crippen molar-refractivity contribution in [1.82, 2.24) is 4.57 Å². The molecule has 11 heteroatoms. The van der Waals surface area contributed by atoms with Gasteiger partial charge in [0.05, 0.1) is 16.7 Å². The van der Waals surface area contributed by atoms with Crippen molar-refractivity contribution in [2.24, 2.45) is 12.0 Å². The molecule has 1 atom stereocenters. The molecule has 1 aliphatic heterocycles. The Labute approximate surface area is 224 Å². The fourth-order valence-electron chi connectivity index (χ4n) is 4.33. The second-order valence-electron chi connectivity index (χ2n) is 8.83. The molecule has 0 spiro atoms. The van der Waals surface area contributed by atoms with Gasteiger partial charge in [0.25, 0.3) is 0 Å². The molecule has 0 radical (unpaired) electrons. The third-order valence-corrected chi connectivity index (χ3v) is 9.28. The highest BCUT2D eigenvalue weighted by Gasteiger charge is 2.31. The Kier molecular flexibility index (Phi) is 8.51. The molecule has 1 aliphatic rings. The van der Waals surface area contributed by atoms with Crippen LogP contribution in [0.1, 0.15) is 25.7 Å². The lowest BCUT2D eigenvalue weighted by Crippen LogP contribution is -2.45. The Morgan fingerprint density at radius 1 is 1.22 bits per heavy atom. The van der Waals surface area contributed by atoms with Crippen molar-refractivity contribution >= 4 is 60.4 Å². The quantitative estimate of drug-likeness (QED) is 0.362. The van der Waals surface area contributed by atoms with Crippen LogP contribution in [0.3, 0.4) is 0 Å². The Bertz CT molecular complexity index is 1510. The number of aromatic nitrogens is 1. The summed E-state index contributed by atoms with van der Waals surface area (Å²) in [6, 6.07) is 9.75. The van der Waals surface area contributed by atoms with Gasteiger partial charge in [-0.05, 0) is 54.3 Å². The van der Waals surface area contributed by atoms with Gasteiger partial charge in [0.2, 0.25) is 0 Å². The predicted molar refractivity (Wildman–Crippen MR) is 146 cm³/mol. The molecule has 0 bridgehead atoms. The van der Waals surface area contributed by atoms with Crippen LogP contribution in [0.2, 0.25) is 5.02 Å². The minimum absolute atomic E-state index is 0.0729. The molecule has 0 saturated carbocycles. The van der Waals surface area contributed by atoms with E-state index in [2.05, 4.69) is 11.6 Å². The van der Waals surface area contributed by atoms with Crippen molar-refractivity contribution in [3.63, 3.8) is 0 Å². The molecule has 1 amide bonds. The number of hydrogen-bond donors (Lipinski definition) is 0. The number of rotatable bonds is 8. The fourth-order valence-corrected chi connectivity index (χ4v) is 6.84. The number of carbonyl (C=O) groups is 2. The van der Waals surface area contributed by atoms with Gasteiger partial charge in [0, 0.05) is 31.2 Å². The molecule has 1 unspecified atom stereocenters. The summed E-state index contributed by atoms with van der Waals surface area (Å²) in [5.74, 6) is -0.376. The number of Topliss-reactive ketones (excluding diaryl/α,β-unsaturated/α-hetero) is 1. The Morgan fingerprint density at radius 3 is 2.76 bits per heavy atom. The van der Waals surface area contributed by atoms with E-state index in [1.54, 1.807) is 48.0 Å². The normalized spacial score (nSPS) is 16.6. The highest BCUT2D eigenvalue weighted by Crippen LogP contribution is 2.29. The van der Waals surface area contributed by atoms with Crippen molar-refractivity contribution in [1.29, 1.82) is 0 Å². The lowest BCUT2D eigenvalue weighted by Gasteiger charge is -2.35. The van der Waals surface area contributed by atoms with E-state index in [-0.39, 0.29) is 29.5 Å². The molecule has 0 aliphatic carbocycles. The first-order valence-corrected chi connectivity index (χ1v) is 14.7. The molecule has 8 nitrogen and oxygen atoms in total. The number of thiazole rings is 1. The maximum Gasteiger partial charge on any atom is 0.436 e. The number of sulfone groups is 1. The Hall–Kier alpha value is -2.95. The Balaban J connectivity index is 1.48. The number of ketones is 1. The van der Waals surface area contributed by atoms with Gasteiger partial charge in [-0.1, -0.05) is 47.7 Å². The zero-order chi connectivity index (χ0) is 26.6. The highest BCUT2D eigenvalue weighted by atomic mass is 35.5. The standard InChI is InChI=1S/C26H28ClN3O5S2/c1-3-13-35-26(32)28-25-29(2)17-24(36-25)30-12-5-4-6-22(30)23(31)11-14-37(33,34)21-10-8-18-15-20(27)9-7-19(18)16-21/h3,7-10,15-17,22H,1,4-6,11-14H2,2H3/b28-25-. The summed E-state index contributed by atoms with van der Waals surface area (Å²) < 4.78 is 32.7. The molecular formula is C26H28ClN3O5S2. The zero-order valence-electron chi connectivity index (χ0n) is 20.4. The number of amides is 1. The largest absolute Gasteiger partial charge is 0.444 e. The summed E-state index contributed by atoms with van der Waals surface area (Å²) in [4.78, 5) is 31.8. The monoisotopic (exact) mass is 561 g/mol. The summed E-state index contributed by atoms with van der Waals surface area (Å²) in [5.41, 5.74) is 0. The van der Waals surface area contributed by atoms with Gasteiger partial charge >= 0.3 is 6.09 Å². The number of fused-ring (bicyclic) bond motifs is 1. The topological polar surface area (TPSA) is 98.0 Å². The number of carbonyl (C=O) groups excluding carboxylic acids is 2. The van der Waals surface area contributed by atoms with Gasteiger partial charge in [0.15, 0.2) is 20.4 Å². The van der Waals surface area contributed by atoms with Crippen LogP contribution in [-0.4, -0.2) is 49.8 Å². The first-order valence-electron chi connectivity index (χ1n) is 11.9. The second kappa shape index (κ2) is 11.6. The number of nitrogens with zero attached hydrogens (tertiary/aromatic N) is 3. The average Bonchev–Trinajstić information content (AvgIpc) is 3.25. The van der Waals surface area contributed by atoms with Gasteiger partial charge in [-0.2, -0.15) is 0 Å². The zero-order valence-corrected chi connectivity index (χ0v) is 22.8. The number of halogens is 1. The van der Waals surface area contributed by atoms with E-state index in [4.69, 9.17) is 16.3 Å². The molecule has 2 aromatic carbocycles. The van der Waals surface area contributed by atoms with E-state index < -0.39 is 22.0 Å². The molecule has 0 N–H and O–H groups in total. The number of piperidine rings is 1. The van der Waals surface area contributed by atoms with Crippen LogP contribution in [0.15, 0.2) is 65.1 Å². The van der Waals surface area contributed by atoms with Crippen LogP contribution in [-0.2, 0) is 26.4 Å². The maximum absolute atomic E-state index is 13.3. The van der Waals surface area contributed by atoms with Crippen LogP contribution in [0.25, 0.3) is 10.8 Å². The SMILES string of the molecule is C=CCOC(=O)/N=c1\sc(N2CCCCC2C(=O)CCS(=O)(=O)c2ccc3cc(Cl)ccc3c2)cn1C. The predicted octanol–water partition coefficient (Wildman–Crippen LogP) is 4.91. The van der Waals surface area contributed by atoms with E-state index in [0.29, 0.717) is 22.8 Å². The molecular weight excluding hydrogens is 534 g/mol. The third kappa shape index (κ3) is 6.49. The van der Waals surface area contributed by atoms with Crippen LogP contribution in [0, 0.1) is 0 Å². The van der Waals surface area contributed by atoms with Crippen molar-refractivity contribution in [2.45, 2.75) is 36.6 Å². The lowest BCUT2D eigenvalue weighted by molar-refractivity contribution is -0.120. The van der Waals surface area contributed by atoms with Gasteiger partial charge in [-0.25, -0.2) is 13.2 Å². The number of benzene rings is 2. The minimum Gasteiger partial charge on any atom is -0.444 e. The summed E-state index contributed by atoms with van der Waals surface area (Å²) in [7, 11) is -1.88. The van der Waals surface area contributed by atoms with Crippen LogP contribution in [0.4, 0.5) is 9.80 Å². The van der Waals surface area contributed by atoms with Crippen molar-refractivity contribution < 1.29 is 22.7 Å². The van der Waals surface area contributed by atoms with Crippen LogP contribution in [0.5, 0.6) is 0 Å². The molecule has 3 aromatic rings. The first kappa shape index (κ1) is 27.1. The number of hydrogen-bond acceptors (Lipinski definition) is 7. The van der Waals surface area contributed by atoms with Gasteiger partial charge in [-0.3, -0.25) is 4.79 Å². The number of ether oxygens (including phenoxy) is 1. The van der Waals surface area contributed by atoms with E-state index in [1.165, 1.54) is 17.4 Å². The molecule has 37 heavy (non-hydrogen) atoms. The first-order chi connectivity index (χ1) is 17.7. The average molecular weight is 562 g/mol. The second-order valence-corrected chi connectivity index (χ2v) is 12.4. The summed E-state index contributed by atoms with van der Waals surface area (Å²) in [5, 5.41) is 3.00. The third-order valence-electron chi connectivity index (χ3n) is 6.22. The molecule has 2 heterocycles. The molecule has 1 fully saturated rings. The van der Waals surface area contributed by atoms with Crippen LogP contribution >= 0.6 is 22.9 Å². The minimum atomic E-state index is -3.65. The van der Waals surface area contributed by atoms with Gasteiger partial charge in [-0.15, -0.1) is 4.99 Å². The van der Waals surface area contributed by atoms with Gasteiger partial charge < -0.3 is 14.2 Å². The molecule has 4 rings (SSSR count). The summed E-state index contributed by atoms with van der Waals surface area (Å²) >= 11 is 7.31. The van der Waals surface area contributed by atoms with Gasteiger partial charge in [0.1, 0.15) is 11.6 Å². The van der Waals surface area contributed by atoms with Crippen molar-refractivity contribution in [3.05, 3.63) is 65.1 Å². The maximum atomic E-state index is 13.3. The van der Waals surface area contributed by atoms with Crippen LogP contribution < -0.4 is 9.70 Å². The summed E-state index contributed by atoms with van der Waals surface area (Å²) in [6.07, 6.45) is 4.95. The molecule has 1 aromatic heterocycles. The summed E-state index contributed by atoms with van der Waals surface area (Å²) in [6.45, 7) is 4.24. The molecule has 1 saturated heterocycles. The van der Waals surface area contributed by atoms with Crippen molar-refractivity contribution in [2.75, 3.05) is 23.8 Å². The smallest absolute Gasteiger partial charge is 0.436 e. The van der Waals surface area contributed by atoms with E-state index >= 15 is 0 Å². The highest BCUT2D eigenvalue weighted by molar-refractivity contribution is 7.91. The van der Waals surface area contributed by atoms with E-state index in [1.807, 2.05) is 11.1 Å². The number of aryl methyl sites for hydroxylation is 1. The fraction of sp³-hybridized carbons (Fsp3) is 0.346. The lowest BCUT2D eigenvalue weighted by atomic mass is 9.97. The molecule has 196 valence electrons. The van der Waals surface area contributed by atoms with E-state index in [0.717, 1.165) is 28.6 Å². The Morgan fingerprint density at radius 2 is 1.97 bits per heavy atom.